The maximum Gasteiger partial charge on any atom is 0.228 e. The second-order valence-corrected chi connectivity index (χ2v) is 5.51. The molecule has 3 nitrogen and oxygen atoms in total. The van der Waals surface area contributed by atoms with Crippen molar-refractivity contribution in [3.8, 4) is 0 Å². The van der Waals surface area contributed by atoms with Gasteiger partial charge in [-0.05, 0) is 30.2 Å². The first-order chi connectivity index (χ1) is 8.65. The summed E-state index contributed by atoms with van der Waals surface area (Å²) in [6.07, 6.45) is 2.74. The van der Waals surface area contributed by atoms with Gasteiger partial charge < -0.3 is 10.6 Å². The zero-order valence-electron chi connectivity index (χ0n) is 10.8. The van der Waals surface area contributed by atoms with Gasteiger partial charge in [0, 0.05) is 16.2 Å². The topological polar surface area (TPSA) is 41.1 Å². The minimum atomic E-state index is 0.0875. The number of hydrogen-bond acceptors (Lipinski definition) is 2. The summed E-state index contributed by atoms with van der Waals surface area (Å²) in [5.41, 5.74) is 3.31. The molecule has 0 spiro atoms. The smallest absolute Gasteiger partial charge is 0.228 e. The minimum absolute atomic E-state index is 0.0875. The van der Waals surface area contributed by atoms with Crippen LogP contribution in [0.3, 0.4) is 0 Å². The average molecular weight is 311 g/mol. The molecule has 0 aliphatic carbocycles. The van der Waals surface area contributed by atoms with Gasteiger partial charge in [-0.15, -0.1) is 0 Å². The van der Waals surface area contributed by atoms with Crippen molar-refractivity contribution in [1.82, 2.24) is 5.32 Å². The number of carbonyl (C=O) groups excluding carboxylic acids is 1. The Morgan fingerprint density at radius 3 is 2.89 bits per heavy atom. The van der Waals surface area contributed by atoms with E-state index in [-0.39, 0.29) is 5.91 Å². The van der Waals surface area contributed by atoms with E-state index >= 15 is 0 Å². The molecule has 1 aliphatic rings. The second-order valence-electron chi connectivity index (χ2n) is 4.65. The molecule has 0 fully saturated rings. The van der Waals surface area contributed by atoms with Crippen molar-refractivity contribution in [1.29, 1.82) is 0 Å². The Morgan fingerprint density at radius 1 is 1.44 bits per heavy atom. The van der Waals surface area contributed by atoms with Gasteiger partial charge in [0.15, 0.2) is 0 Å². The molecule has 0 saturated carbocycles. The Kier molecular flexibility index (Phi) is 4.40. The van der Waals surface area contributed by atoms with Gasteiger partial charge in [0.05, 0.1) is 6.42 Å². The summed E-state index contributed by atoms with van der Waals surface area (Å²) in [5, 5.41) is 6.39. The third-order valence-electron chi connectivity index (χ3n) is 3.25. The summed E-state index contributed by atoms with van der Waals surface area (Å²) in [7, 11) is 0. The second kappa shape index (κ2) is 5.85. The molecule has 0 saturated heterocycles. The van der Waals surface area contributed by atoms with E-state index in [1.807, 2.05) is 6.07 Å². The molecule has 0 radical (unpaired) electrons. The average Bonchev–Trinajstić information content (AvgIpc) is 2.67. The normalized spacial score (nSPS) is 15.4. The van der Waals surface area contributed by atoms with Gasteiger partial charge in [0.25, 0.3) is 0 Å². The third kappa shape index (κ3) is 2.75. The molecule has 98 valence electrons. The molecule has 0 bridgehead atoms. The molecule has 2 N–H and O–H groups in total. The van der Waals surface area contributed by atoms with Crippen LogP contribution in [0.1, 0.15) is 43.9 Å². The van der Waals surface area contributed by atoms with Gasteiger partial charge in [-0.3, -0.25) is 4.79 Å². The van der Waals surface area contributed by atoms with Crippen LogP contribution in [0.25, 0.3) is 0 Å². The van der Waals surface area contributed by atoms with E-state index in [0.29, 0.717) is 12.5 Å². The highest BCUT2D eigenvalue weighted by atomic mass is 79.9. The maximum absolute atomic E-state index is 11.4. The van der Waals surface area contributed by atoms with E-state index < -0.39 is 0 Å². The molecule has 2 rings (SSSR count). The number of hydrogen-bond donors (Lipinski definition) is 2. The van der Waals surface area contributed by atoms with E-state index in [4.69, 9.17) is 0 Å². The van der Waals surface area contributed by atoms with E-state index in [1.54, 1.807) is 0 Å². The monoisotopic (exact) mass is 310 g/mol. The lowest BCUT2D eigenvalue weighted by Gasteiger charge is -2.20. The Bertz CT molecular complexity index is 453. The summed E-state index contributed by atoms with van der Waals surface area (Å²) in [6, 6.07) is 4.53. The van der Waals surface area contributed by atoms with Crippen LogP contribution in [0.2, 0.25) is 0 Å². The lowest BCUT2D eigenvalue weighted by atomic mass is 9.99. The molecular weight excluding hydrogens is 292 g/mol. The van der Waals surface area contributed by atoms with Crippen molar-refractivity contribution in [3.05, 3.63) is 27.7 Å². The summed E-state index contributed by atoms with van der Waals surface area (Å²) in [5.74, 6) is 0.0875. The van der Waals surface area contributed by atoms with Crippen LogP contribution in [0, 0.1) is 0 Å². The van der Waals surface area contributed by atoms with Gasteiger partial charge in [-0.25, -0.2) is 0 Å². The SMILES string of the molecule is CCCC(NCC)c1cc2c(cc1Br)NC(=O)C2. The highest BCUT2D eigenvalue weighted by Gasteiger charge is 2.22. The van der Waals surface area contributed by atoms with Crippen LogP contribution < -0.4 is 10.6 Å². The number of amides is 1. The molecule has 1 atom stereocenters. The third-order valence-corrected chi connectivity index (χ3v) is 3.94. The number of rotatable bonds is 5. The predicted octanol–water partition coefficient (Wildman–Crippen LogP) is 3.39. The highest BCUT2D eigenvalue weighted by molar-refractivity contribution is 9.10. The molecule has 1 aromatic carbocycles. The van der Waals surface area contributed by atoms with Crippen molar-refractivity contribution < 1.29 is 4.79 Å². The Morgan fingerprint density at radius 2 is 2.22 bits per heavy atom. The standard InChI is InChI=1S/C14H19BrN2O/c1-3-5-12(16-4-2)10-6-9-7-14(18)17-13(9)8-11(10)15/h6,8,12,16H,3-5,7H2,1-2H3,(H,17,18). The first-order valence-corrected chi connectivity index (χ1v) is 7.30. The fraction of sp³-hybridized carbons (Fsp3) is 0.500. The molecule has 1 heterocycles. The zero-order chi connectivity index (χ0) is 13.1. The summed E-state index contributed by atoms with van der Waals surface area (Å²) >= 11 is 3.62. The molecule has 0 aromatic heterocycles. The van der Waals surface area contributed by atoms with Gasteiger partial charge in [0.2, 0.25) is 5.91 Å². The van der Waals surface area contributed by atoms with Crippen molar-refractivity contribution in [3.63, 3.8) is 0 Å². The fourth-order valence-electron chi connectivity index (χ4n) is 2.44. The van der Waals surface area contributed by atoms with Crippen molar-refractivity contribution in [2.75, 3.05) is 11.9 Å². The molecule has 1 aliphatic heterocycles. The van der Waals surface area contributed by atoms with Gasteiger partial charge in [-0.1, -0.05) is 42.3 Å². The number of carbonyl (C=O) groups is 1. The molecule has 1 aromatic rings. The first-order valence-electron chi connectivity index (χ1n) is 6.51. The molecule has 4 heteroatoms. The first kappa shape index (κ1) is 13.6. The number of fused-ring (bicyclic) bond motifs is 1. The van der Waals surface area contributed by atoms with Crippen LogP contribution in [0.4, 0.5) is 5.69 Å². The number of anilines is 1. The molecule has 1 amide bonds. The van der Waals surface area contributed by atoms with Crippen molar-refractivity contribution in [2.24, 2.45) is 0 Å². The van der Waals surface area contributed by atoms with E-state index in [1.165, 1.54) is 5.56 Å². The van der Waals surface area contributed by atoms with E-state index in [9.17, 15) is 4.79 Å². The Balaban J connectivity index is 2.32. The van der Waals surface area contributed by atoms with Crippen LogP contribution in [0.15, 0.2) is 16.6 Å². The lowest BCUT2D eigenvalue weighted by Crippen LogP contribution is -2.21. The number of benzene rings is 1. The van der Waals surface area contributed by atoms with Crippen LogP contribution in [-0.2, 0) is 11.2 Å². The molecule has 18 heavy (non-hydrogen) atoms. The van der Waals surface area contributed by atoms with Crippen molar-refractivity contribution >= 4 is 27.5 Å². The summed E-state index contributed by atoms with van der Waals surface area (Å²) in [6.45, 7) is 5.26. The largest absolute Gasteiger partial charge is 0.325 e. The van der Waals surface area contributed by atoms with E-state index in [2.05, 4.69) is 46.5 Å². The summed E-state index contributed by atoms with van der Waals surface area (Å²) in [4.78, 5) is 11.4. The van der Waals surface area contributed by atoms with Crippen molar-refractivity contribution in [2.45, 2.75) is 39.2 Å². The van der Waals surface area contributed by atoms with Gasteiger partial charge in [0.1, 0.15) is 0 Å². The fourth-order valence-corrected chi connectivity index (χ4v) is 3.06. The van der Waals surface area contributed by atoms with E-state index in [0.717, 1.165) is 35.1 Å². The van der Waals surface area contributed by atoms with Crippen LogP contribution in [-0.4, -0.2) is 12.5 Å². The zero-order valence-corrected chi connectivity index (χ0v) is 12.4. The number of halogens is 1. The minimum Gasteiger partial charge on any atom is -0.325 e. The van der Waals surface area contributed by atoms with Gasteiger partial charge in [-0.2, -0.15) is 0 Å². The number of nitrogens with one attached hydrogen (secondary N) is 2. The van der Waals surface area contributed by atoms with Gasteiger partial charge >= 0.3 is 0 Å². The highest BCUT2D eigenvalue weighted by Crippen LogP contribution is 2.34. The quantitative estimate of drug-likeness (QED) is 0.875. The summed E-state index contributed by atoms with van der Waals surface area (Å²) < 4.78 is 1.07. The maximum atomic E-state index is 11.4. The lowest BCUT2D eigenvalue weighted by molar-refractivity contribution is -0.115. The molecule has 1 unspecified atom stereocenters. The van der Waals surface area contributed by atoms with Crippen LogP contribution in [0.5, 0.6) is 0 Å². The Labute approximate surface area is 116 Å². The predicted molar refractivity (Wildman–Crippen MR) is 77.8 cm³/mol. The molecular formula is C14H19BrN2O. The van der Waals surface area contributed by atoms with Crippen LogP contribution >= 0.6 is 15.9 Å². The Hall–Kier alpha value is -0.870.